The lowest BCUT2D eigenvalue weighted by Gasteiger charge is -2.22. The molecule has 0 fully saturated rings. The molecule has 0 rings (SSSR count). The Labute approximate surface area is 109 Å². The van der Waals surface area contributed by atoms with Crippen LogP contribution in [-0.2, 0) is 9.59 Å². The zero-order valence-electron chi connectivity index (χ0n) is 12.0. The molecule has 0 heterocycles. The van der Waals surface area contributed by atoms with E-state index in [-0.39, 0.29) is 36.9 Å². The summed E-state index contributed by atoms with van der Waals surface area (Å²) in [7, 11) is 0. The molecule has 5 heteroatoms. The van der Waals surface area contributed by atoms with Crippen molar-refractivity contribution in [2.24, 2.45) is 11.3 Å². The van der Waals surface area contributed by atoms with Crippen LogP contribution >= 0.6 is 0 Å². The normalized spacial score (nSPS) is 13.3. The lowest BCUT2D eigenvalue weighted by atomic mass is 9.96. The van der Waals surface area contributed by atoms with Gasteiger partial charge in [-0.3, -0.25) is 9.59 Å². The molecule has 0 saturated heterocycles. The van der Waals surface area contributed by atoms with E-state index in [9.17, 15) is 9.59 Å². The molecule has 0 saturated carbocycles. The summed E-state index contributed by atoms with van der Waals surface area (Å²) < 4.78 is 0. The molecule has 3 N–H and O–H groups in total. The van der Waals surface area contributed by atoms with Crippen LogP contribution in [0, 0.1) is 11.3 Å². The van der Waals surface area contributed by atoms with Crippen molar-refractivity contribution in [3.05, 3.63) is 0 Å². The van der Waals surface area contributed by atoms with E-state index in [4.69, 9.17) is 5.11 Å². The van der Waals surface area contributed by atoms with Gasteiger partial charge in [-0.2, -0.15) is 0 Å². The van der Waals surface area contributed by atoms with Crippen molar-refractivity contribution in [3.8, 4) is 0 Å². The Hall–Kier alpha value is -1.10. The first kappa shape index (κ1) is 16.9. The quantitative estimate of drug-likeness (QED) is 0.655. The zero-order valence-corrected chi connectivity index (χ0v) is 12.0. The van der Waals surface area contributed by atoms with Crippen LogP contribution < -0.4 is 10.6 Å². The maximum atomic E-state index is 11.7. The molecule has 0 aromatic heterocycles. The summed E-state index contributed by atoms with van der Waals surface area (Å²) in [5.41, 5.74) is -0.497. The van der Waals surface area contributed by atoms with E-state index in [1.165, 1.54) is 0 Å². The fourth-order valence-corrected chi connectivity index (χ4v) is 1.39. The second-order valence-corrected chi connectivity index (χ2v) is 5.86. The summed E-state index contributed by atoms with van der Waals surface area (Å²) in [4.78, 5) is 23.2. The van der Waals surface area contributed by atoms with Crippen LogP contribution in [0.2, 0.25) is 0 Å². The molecule has 1 atom stereocenters. The van der Waals surface area contributed by atoms with E-state index < -0.39 is 5.41 Å². The highest BCUT2D eigenvalue weighted by molar-refractivity contribution is 5.87. The fraction of sp³-hybridized carbons (Fsp3) is 0.846. The number of carbonyl (C=O) groups excluding carboxylic acids is 2. The summed E-state index contributed by atoms with van der Waals surface area (Å²) in [5, 5.41) is 14.3. The third-order valence-electron chi connectivity index (χ3n) is 2.68. The van der Waals surface area contributed by atoms with E-state index in [0.29, 0.717) is 6.42 Å². The van der Waals surface area contributed by atoms with E-state index in [0.717, 1.165) is 0 Å². The molecule has 2 amide bonds. The standard InChI is InChI=1S/C13H26N2O3/c1-9(2)10(6-7-16)15-11(17)8-14-12(18)13(3,4)5/h9-10,16H,6-8H2,1-5H3,(H,14,18)(H,15,17). The monoisotopic (exact) mass is 258 g/mol. The molecule has 0 aliphatic carbocycles. The lowest BCUT2D eigenvalue weighted by Crippen LogP contribution is -2.46. The molecule has 1 unspecified atom stereocenters. The molecular formula is C13H26N2O3. The van der Waals surface area contributed by atoms with Crippen LogP contribution in [0.25, 0.3) is 0 Å². The van der Waals surface area contributed by atoms with E-state index in [1.807, 2.05) is 13.8 Å². The smallest absolute Gasteiger partial charge is 0.239 e. The molecule has 0 bridgehead atoms. The van der Waals surface area contributed by atoms with Gasteiger partial charge in [0.15, 0.2) is 0 Å². The summed E-state index contributed by atoms with van der Waals surface area (Å²) in [6, 6.07) is -0.0611. The van der Waals surface area contributed by atoms with Gasteiger partial charge >= 0.3 is 0 Å². The second-order valence-electron chi connectivity index (χ2n) is 5.86. The number of aliphatic hydroxyl groups is 1. The molecule has 0 radical (unpaired) electrons. The number of rotatable bonds is 6. The lowest BCUT2D eigenvalue weighted by molar-refractivity contribution is -0.131. The van der Waals surface area contributed by atoms with Crippen LogP contribution in [0.4, 0.5) is 0 Å². The molecule has 0 spiro atoms. The molecule has 5 nitrogen and oxygen atoms in total. The Kier molecular flexibility index (Phi) is 6.91. The van der Waals surface area contributed by atoms with Gasteiger partial charge in [0.1, 0.15) is 0 Å². The van der Waals surface area contributed by atoms with Crippen molar-refractivity contribution in [1.29, 1.82) is 0 Å². The maximum absolute atomic E-state index is 11.7. The summed E-state index contributed by atoms with van der Waals surface area (Å²) in [6.45, 7) is 9.36. The van der Waals surface area contributed by atoms with E-state index >= 15 is 0 Å². The first-order valence-electron chi connectivity index (χ1n) is 6.37. The first-order valence-corrected chi connectivity index (χ1v) is 6.37. The SMILES string of the molecule is CC(C)C(CCO)NC(=O)CNC(=O)C(C)(C)C. The minimum Gasteiger partial charge on any atom is -0.396 e. The Morgan fingerprint density at radius 3 is 2.17 bits per heavy atom. The average Bonchev–Trinajstić information content (AvgIpc) is 2.23. The number of amides is 2. The van der Waals surface area contributed by atoms with Crippen molar-refractivity contribution in [2.45, 2.75) is 47.1 Å². The van der Waals surface area contributed by atoms with Gasteiger partial charge in [-0.15, -0.1) is 0 Å². The van der Waals surface area contributed by atoms with Crippen molar-refractivity contribution in [3.63, 3.8) is 0 Å². The predicted octanol–water partition coefficient (Wildman–Crippen LogP) is 0.672. The largest absolute Gasteiger partial charge is 0.396 e. The van der Waals surface area contributed by atoms with Crippen molar-refractivity contribution >= 4 is 11.8 Å². The Morgan fingerprint density at radius 1 is 1.22 bits per heavy atom. The van der Waals surface area contributed by atoms with Gasteiger partial charge in [0.2, 0.25) is 11.8 Å². The highest BCUT2D eigenvalue weighted by Crippen LogP contribution is 2.12. The Morgan fingerprint density at radius 2 is 1.78 bits per heavy atom. The minimum absolute atomic E-state index is 0.0231. The van der Waals surface area contributed by atoms with Crippen LogP contribution in [0.1, 0.15) is 41.0 Å². The third-order valence-corrected chi connectivity index (χ3v) is 2.68. The molecule has 0 aliphatic heterocycles. The molecule has 18 heavy (non-hydrogen) atoms. The molecule has 106 valence electrons. The van der Waals surface area contributed by atoms with Gasteiger partial charge < -0.3 is 15.7 Å². The van der Waals surface area contributed by atoms with E-state index in [1.54, 1.807) is 20.8 Å². The number of hydrogen-bond acceptors (Lipinski definition) is 3. The predicted molar refractivity (Wildman–Crippen MR) is 70.9 cm³/mol. The second kappa shape index (κ2) is 7.36. The van der Waals surface area contributed by atoms with Crippen LogP contribution in [0.5, 0.6) is 0 Å². The third kappa shape index (κ3) is 6.59. The zero-order chi connectivity index (χ0) is 14.3. The molecule has 0 aromatic carbocycles. The Bertz CT molecular complexity index is 282. The summed E-state index contributed by atoms with van der Waals surface area (Å²) >= 11 is 0. The Balaban J connectivity index is 4.14. The average molecular weight is 258 g/mol. The number of hydrogen-bond donors (Lipinski definition) is 3. The first-order chi connectivity index (χ1) is 8.18. The van der Waals surface area contributed by atoms with Crippen LogP contribution in [0.3, 0.4) is 0 Å². The van der Waals surface area contributed by atoms with Crippen LogP contribution in [-0.4, -0.2) is 36.1 Å². The topological polar surface area (TPSA) is 78.4 Å². The molecular weight excluding hydrogens is 232 g/mol. The van der Waals surface area contributed by atoms with E-state index in [2.05, 4.69) is 10.6 Å². The number of carbonyl (C=O) groups is 2. The maximum Gasteiger partial charge on any atom is 0.239 e. The van der Waals surface area contributed by atoms with Crippen LogP contribution in [0.15, 0.2) is 0 Å². The van der Waals surface area contributed by atoms with Crippen molar-refractivity contribution < 1.29 is 14.7 Å². The molecule has 0 aromatic rings. The summed E-state index contributed by atoms with van der Waals surface area (Å²) in [6.07, 6.45) is 0.524. The summed E-state index contributed by atoms with van der Waals surface area (Å²) in [5.74, 6) is -0.125. The number of aliphatic hydroxyl groups excluding tert-OH is 1. The van der Waals surface area contributed by atoms with Gasteiger partial charge in [0, 0.05) is 18.1 Å². The van der Waals surface area contributed by atoms with Gasteiger partial charge in [-0.05, 0) is 12.3 Å². The number of nitrogens with one attached hydrogen (secondary N) is 2. The molecule has 0 aliphatic rings. The highest BCUT2D eigenvalue weighted by Gasteiger charge is 2.22. The van der Waals surface area contributed by atoms with Gasteiger partial charge in [0.05, 0.1) is 6.54 Å². The van der Waals surface area contributed by atoms with Crippen molar-refractivity contribution in [1.82, 2.24) is 10.6 Å². The van der Waals surface area contributed by atoms with Gasteiger partial charge in [-0.1, -0.05) is 34.6 Å². The van der Waals surface area contributed by atoms with Gasteiger partial charge in [0.25, 0.3) is 0 Å². The fourth-order valence-electron chi connectivity index (χ4n) is 1.39. The van der Waals surface area contributed by atoms with Crippen molar-refractivity contribution in [2.75, 3.05) is 13.2 Å². The minimum atomic E-state index is -0.497. The van der Waals surface area contributed by atoms with Gasteiger partial charge in [-0.25, -0.2) is 0 Å². The highest BCUT2D eigenvalue weighted by atomic mass is 16.3.